The first-order valence-electron chi connectivity index (χ1n) is 8.52. The normalized spacial score (nSPS) is 30.0. The van der Waals surface area contributed by atoms with E-state index in [0.29, 0.717) is 6.61 Å². The van der Waals surface area contributed by atoms with E-state index in [0.717, 1.165) is 6.42 Å². The third-order valence-corrected chi connectivity index (χ3v) is 18.0. The highest BCUT2D eigenvalue weighted by Crippen LogP contribution is 2.61. The van der Waals surface area contributed by atoms with Crippen molar-refractivity contribution in [3.8, 4) is 0 Å². The number of cyclic esters (lactones) is 1. The van der Waals surface area contributed by atoms with Crippen LogP contribution < -0.4 is 0 Å². The van der Waals surface area contributed by atoms with Gasteiger partial charge in [-0.3, -0.25) is 0 Å². The highest BCUT2D eigenvalue weighted by atomic mass is 28.5. The molecular weight excluding hydrogens is 376 g/mol. The molecule has 3 unspecified atom stereocenters. The summed E-state index contributed by atoms with van der Waals surface area (Å²) in [5.74, 6) is 0. The van der Waals surface area contributed by atoms with Gasteiger partial charge in [0.1, 0.15) is 6.61 Å². The Labute approximate surface area is 149 Å². The standard InChI is InChI=1S/C14H32O6Si4/c1-21(2,3)18-23(7,8)20-24(9,19-22(4,5)6)12-10-14(12)11-16-13(15)17-14/h12H,10-11H2,1-9H3. The van der Waals surface area contributed by atoms with Gasteiger partial charge in [-0.25, -0.2) is 4.79 Å². The first-order chi connectivity index (χ1) is 10.6. The summed E-state index contributed by atoms with van der Waals surface area (Å²) in [4.78, 5) is 11.4. The summed E-state index contributed by atoms with van der Waals surface area (Å²) in [5.41, 5.74) is -0.415. The molecule has 3 atom stereocenters. The molecule has 1 aliphatic carbocycles. The second-order valence-electron chi connectivity index (χ2n) is 9.41. The first-order valence-corrected chi connectivity index (χ1v) is 20.5. The Morgan fingerprint density at radius 2 is 1.46 bits per heavy atom. The Morgan fingerprint density at radius 3 is 1.88 bits per heavy atom. The van der Waals surface area contributed by atoms with Gasteiger partial charge in [-0.05, 0) is 65.3 Å². The number of hydrogen-bond donors (Lipinski definition) is 0. The molecule has 1 spiro atoms. The van der Waals surface area contributed by atoms with Crippen LogP contribution in [0, 0.1) is 0 Å². The maximum atomic E-state index is 11.4. The average Bonchev–Trinajstić information content (AvgIpc) is 2.82. The third-order valence-electron chi connectivity index (χ3n) is 3.89. The van der Waals surface area contributed by atoms with E-state index >= 15 is 0 Å². The van der Waals surface area contributed by atoms with Crippen molar-refractivity contribution in [2.75, 3.05) is 6.61 Å². The quantitative estimate of drug-likeness (QED) is 0.465. The van der Waals surface area contributed by atoms with Crippen molar-refractivity contribution in [2.45, 2.75) is 76.5 Å². The van der Waals surface area contributed by atoms with Crippen molar-refractivity contribution in [1.82, 2.24) is 0 Å². The highest BCUT2D eigenvalue weighted by molar-refractivity contribution is 6.90. The number of hydrogen-bond acceptors (Lipinski definition) is 6. The van der Waals surface area contributed by atoms with Crippen LogP contribution in [0.25, 0.3) is 0 Å². The summed E-state index contributed by atoms with van der Waals surface area (Å²) in [6, 6.07) is 0. The van der Waals surface area contributed by atoms with Crippen molar-refractivity contribution < 1.29 is 26.6 Å². The second kappa shape index (κ2) is 6.03. The van der Waals surface area contributed by atoms with Crippen LogP contribution >= 0.6 is 0 Å². The Morgan fingerprint density at radius 1 is 0.917 bits per heavy atom. The van der Waals surface area contributed by atoms with E-state index in [4.69, 9.17) is 21.8 Å². The minimum atomic E-state index is -2.59. The van der Waals surface area contributed by atoms with Gasteiger partial charge in [0.2, 0.25) is 0 Å². The average molecular weight is 409 g/mol. The lowest BCUT2D eigenvalue weighted by molar-refractivity contribution is 0.111. The van der Waals surface area contributed by atoms with Gasteiger partial charge in [0.15, 0.2) is 22.2 Å². The van der Waals surface area contributed by atoms with E-state index in [2.05, 4.69) is 58.9 Å². The van der Waals surface area contributed by atoms with Crippen LogP contribution in [-0.4, -0.2) is 52.1 Å². The Balaban J connectivity index is 2.21. The van der Waals surface area contributed by atoms with E-state index in [9.17, 15) is 4.79 Å². The fraction of sp³-hybridized carbons (Fsp3) is 0.929. The van der Waals surface area contributed by atoms with Gasteiger partial charge in [-0.15, -0.1) is 0 Å². The molecule has 140 valence electrons. The van der Waals surface area contributed by atoms with Gasteiger partial charge < -0.3 is 21.8 Å². The number of ether oxygens (including phenoxy) is 2. The fourth-order valence-electron chi connectivity index (χ4n) is 3.65. The molecule has 1 aliphatic heterocycles. The lowest BCUT2D eigenvalue weighted by Gasteiger charge is -2.41. The van der Waals surface area contributed by atoms with Crippen LogP contribution in [-0.2, 0) is 21.8 Å². The zero-order chi connectivity index (χ0) is 18.6. The molecule has 24 heavy (non-hydrogen) atoms. The minimum Gasteiger partial charge on any atom is -0.437 e. The van der Waals surface area contributed by atoms with Gasteiger partial charge in [-0.1, -0.05) is 0 Å². The molecule has 1 saturated carbocycles. The van der Waals surface area contributed by atoms with Gasteiger partial charge in [0.25, 0.3) is 0 Å². The molecule has 2 aliphatic rings. The summed E-state index contributed by atoms with van der Waals surface area (Å²) >= 11 is 0. The molecule has 0 amide bonds. The van der Waals surface area contributed by atoms with Crippen molar-refractivity contribution in [3.63, 3.8) is 0 Å². The summed E-state index contributed by atoms with van der Waals surface area (Å²) in [6.07, 6.45) is 0.195. The largest absolute Gasteiger partial charge is 0.509 e. The molecule has 0 aromatic rings. The summed E-state index contributed by atoms with van der Waals surface area (Å²) in [5, 5.41) is 0. The van der Waals surface area contributed by atoms with E-state index < -0.39 is 45.5 Å². The topological polar surface area (TPSA) is 63.2 Å². The summed E-state index contributed by atoms with van der Waals surface area (Å²) < 4.78 is 30.2. The Hall–Kier alpha value is 0.0175. The van der Waals surface area contributed by atoms with E-state index in [1.807, 2.05) is 0 Å². The molecule has 1 saturated heterocycles. The van der Waals surface area contributed by atoms with Gasteiger partial charge >= 0.3 is 23.3 Å². The van der Waals surface area contributed by atoms with Crippen LogP contribution in [0.4, 0.5) is 4.79 Å². The van der Waals surface area contributed by atoms with Crippen LogP contribution in [0.15, 0.2) is 0 Å². The van der Waals surface area contributed by atoms with Crippen molar-refractivity contribution in [1.29, 1.82) is 0 Å². The van der Waals surface area contributed by atoms with Crippen LogP contribution in [0.5, 0.6) is 0 Å². The maximum Gasteiger partial charge on any atom is 0.509 e. The van der Waals surface area contributed by atoms with E-state index in [1.165, 1.54) is 0 Å². The predicted octanol–water partition coefficient (Wildman–Crippen LogP) is 4.16. The molecule has 0 radical (unpaired) electrons. The van der Waals surface area contributed by atoms with Crippen molar-refractivity contribution in [3.05, 3.63) is 0 Å². The van der Waals surface area contributed by atoms with Gasteiger partial charge in [-0.2, -0.15) is 0 Å². The number of carbonyl (C=O) groups excluding carboxylic acids is 1. The smallest absolute Gasteiger partial charge is 0.437 e. The zero-order valence-corrected chi connectivity index (χ0v) is 20.4. The van der Waals surface area contributed by atoms with Crippen LogP contribution in [0.2, 0.25) is 64.5 Å². The molecular formula is C14H32O6Si4. The lowest BCUT2D eigenvalue weighted by atomic mass is 10.4. The monoisotopic (exact) mass is 408 g/mol. The van der Waals surface area contributed by atoms with Gasteiger partial charge in [0, 0.05) is 5.54 Å². The maximum absolute atomic E-state index is 11.4. The van der Waals surface area contributed by atoms with Crippen molar-refractivity contribution in [2.24, 2.45) is 0 Å². The Kier molecular flexibility index (Phi) is 5.11. The molecule has 6 nitrogen and oxygen atoms in total. The molecule has 0 aromatic heterocycles. The molecule has 0 N–H and O–H groups in total. The third kappa shape index (κ3) is 5.02. The summed E-state index contributed by atoms with van der Waals surface area (Å²) in [7, 11) is -8.47. The van der Waals surface area contributed by atoms with Gasteiger partial charge in [0.05, 0.1) is 0 Å². The first kappa shape index (κ1) is 20.3. The minimum absolute atomic E-state index is 0.111. The molecule has 0 aromatic carbocycles. The summed E-state index contributed by atoms with van der Waals surface area (Å²) in [6.45, 7) is 19.6. The fourth-order valence-corrected chi connectivity index (χ4v) is 22.3. The number of rotatable bonds is 7. The molecule has 2 fully saturated rings. The number of carbonyl (C=O) groups is 1. The van der Waals surface area contributed by atoms with E-state index in [-0.39, 0.29) is 5.54 Å². The molecule has 10 heteroatoms. The Bertz CT molecular complexity index is 514. The van der Waals surface area contributed by atoms with Crippen LogP contribution in [0.1, 0.15) is 6.42 Å². The molecule has 1 heterocycles. The van der Waals surface area contributed by atoms with E-state index in [1.54, 1.807) is 0 Å². The van der Waals surface area contributed by atoms with Crippen LogP contribution in [0.3, 0.4) is 0 Å². The molecule has 2 rings (SSSR count). The SMILES string of the molecule is C[Si](C)(C)O[Si](C)(C)O[Si](C)(O[Si](C)(C)C)C1CC12COC(=O)O2. The van der Waals surface area contributed by atoms with Crippen molar-refractivity contribution >= 4 is 39.9 Å². The highest BCUT2D eigenvalue weighted by Gasteiger charge is 2.73. The lowest BCUT2D eigenvalue weighted by Crippen LogP contribution is -2.58. The second-order valence-corrected chi connectivity index (χ2v) is 25.8. The predicted molar refractivity (Wildman–Crippen MR) is 103 cm³/mol. The zero-order valence-electron chi connectivity index (χ0n) is 16.4. The molecule has 0 bridgehead atoms.